The highest BCUT2D eigenvalue weighted by Gasteiger charge is 2.27. The molecule has 0 spiro atoms. The van der Waals surface area contributed by atoms with Gasteiger partial charge in [0.2, 0.25) is 11.8 Å². The van der Waals surface area contributed by atoms with E-state index in [0.717, 1.165) is 0 Å². The van der Waals surface area contributed by atoms with Gasteiger partial charge in [-0.25, -0.2) is 4.39 Å². The number of rotatable bonds is 7. The number of hydrogen-bond acceptors (Lipinski definition) is 2. The fraction of sp³-hybridized carbons (Fsp3) is 0.333. The van der Waals surface area contributed by atoms with E-state index in [1.165, 1.54) is 11.0 Å². The normalized spacial score (nSPS) is 11.9. The maximum absolute atomic E-state index is 14.1. The molecule has 0 aliphatic rings. The summed E-state index contributed by atoms with van der Waals surface area (Å²) in [6.45, 7) is 5.33. The van der Waals surface area contributed by atoms with Gasteiger partial charge in [-0.15, -0.1) is 0 Å². The molecule has 0 radical (unpaired) electrons. The van der Waals surface area contributed by atoms with Crippen molar-refractivity contribution in [2.24, 2.45) is 0 Å². The standard InChI is InChI=1S/C21H24ClFN2O2/c1-14(2)24-21(27)15(3)25(13-17-9-5-7-11-19(17)23)20(26)12-16-8-4-6-10-18(16)22/h4-11,14-15H,12-13H2,1-3H3,(H,24,27)/t15-/m1/s1. The Labute approximate surface area is 164 Å². The summed E-state index contributed by atoms with van der Waals surface area (Å²) in [5, 5.41) is 3.28. The van der Waals surface area contributed by atoms with E-state index in [1.807, 2.05) is 13.8 Å². The zero-order valence-corrected chi connectivity index (χ0v) is 16.5. The van der Waals surface area contributed by atoms with Gasteiger partial charge >= 0.3 is 0 Å². The molecule has 0 aromatic heterocycles. The smallest absolute Gasteiger partial charge is 0.242 e. The Balaban J connectivity index is 2.27. The lowest BCUT2D eigenvalue weighted by Crippen LogP contribution is -2.49. The van der Waals surface area contributed by atoms with Gasteiger partial charge in [0, 0.05) is 23.2 Å². The summed E-state index contributed by atoms with van der Waals surface area (Å²) in [4.78, 5) is 26.8. The lowest BCUT2D eigenvalue weighted by Gasteiger charge is -2.29. The zero-order chi connectivity index (χ0) is 20.0. The minimum Gasteiger partial charge on any atom is -0.352 e. The first-order valence-electron chi connectivity index (χ1n) is 8.86. The number of hydrogen-bond donors (Lipinski definition) is 1. The van der Waals surface area contributed by atoms with Crippen LogP contribution >= 0.6 is 11.6 Å². The van der Waals surface area contributed by atoms with Crippen molar-refractivity contribution in [1.29, 1.82) is 0 Å². The monoisotopic (exact) mass is 390 g/mol. The Bertz CT molecular complexity index is 810. The predicted molar refractivity (Wildman–Crippen MR) is 105 cm³/mol. The number of nitrogens with zero attached hydrogens (tertiary/aromatic N) is 1. The third kappa shape index (κ3) is 5.79. The third-order valence-electron chi connectivity index (χ3n) is 4.20. The lowest BCUT2D eigenvalue weighted by molar-refractivity contribution is -0.140. The highest BCUT2D eigenvalue weighted by molar-refractivity contribution is 6.31. The second-order valence-corrected chi connectivity index (χ2v) is 7.13. The molecule has 0 saturated carbocycles. The molecule has 0 bridgehead atoms. The summed E-state index contributed by atoms with van der Waals surface area (Å²) in [6, 6.07) is 12.5. The molecule has 1 N–H and O–H groups in total. The van der Waals surface area contributed by atoms with E-state index in [0.29, 0.717) is 16.1 Å². The quantitative estimate of drug-likeness (QED) is 0.777. The Morgan fingerprint density at radius 1 is 1.04 bits per heavy atom. The van der Waals surface area contributed by atoms with Crippen LogP contribution in [0.2, 0.25) is 5.02 Å². The topological polar surface area (TPSA) is 49.4 Å². The summed E-state index contributed by atoms with van der Waals surface area (Å²) in [5.41, 5.74) is 1.02. The minimum absolute atomic E-state index is 0.00262. The summed E-state index contributed by atoms with van der Waals surface area (Å²) in [6.07, 6.45) is 0.0351. The fourth-order valence-electron chi connectivity index (χ4n) is 2.70. The molecule has 6 heteroatoms. The van der Waals surface area contributed by atoms with E-state index in [1.54, 1.807) is 49.4 Å². The van der Waals surface area contributed by atoms with E-state index in [9.17, 15) is 14.0 Å². The number of carbonyl (C=O) groups is 2. The second kappa shape index (κ2) is 9.51. The van der Waals surface area contributed by atoms with E-state index < -0.39 is 11.9 Å². The molecule has 0 aliphatic heterocycles. The molecular weight excluding hydrogens is 367 g/mol. The molecule has 0 fully saturated rings. The van der Waals surface area contributed by atoms with Crippen LogP contribution < -0.4 is 5.32 Å². The van der Waals surface area contributed by atoms with Crippen molar-refractivity contribution in [1.82, 2.24) is 10.2 Å². The van der Waals surface area contributed by atoms with Crippen molar-refractivity contribution in [2.75, 3.05) is 0 Å². The molecule has 0 heterocycles. The van der Waals surface area contributed by atoms with Crippen molar-refractivity contribution in [3.63, 3.8) is 0 Å². The van der Waals surface area contributed by atoms with Crippen LogP contribution in [0.3, 0.4) is 0 Å². The Morgan fingerprint density at radius 2 is 1.63 bits per heavy atom. The zero-order valence-electron chi connectivity index (χ0n) is 15.7. The Kier molecular flexibility index (Phi) is 7.36. The molecule has 0 saturated heterocycles. The molecular formula is C21H24ClFN2O2. The predicted octanol–water partition coefficient (Wildman–Crippen LogP) is 3.96. The van der Waals surface area contributed by atoms with Crippen molar-refractivity contribution in [3.05, 3.63) is 70.5 Å². The van der Waals surface area contributed by atoms with Gasteiger partial charge in [-0.05, 0) is 38.5 Å². The molecule has 144 valence electrons. The first kappa shape index (κ1) is 20.9. The summed E-state index contributed by atoms with van der Waals surface area (Å²) in [5.74, 6) is -0.990. The average Bonchev–Trinajstić information content (AvgIpc) is 2.61. The van der Waals surface area contributed by atoms with Gasteiger partial charge in [-0.3, -0.25) is 9.59 Å². The SMILES string of the molecule is CC(C)NC(=O)[C@@H](C)N(Cc1ccccc1F)C(=O)Cc1ccccc1Cl. The second-order valence-electron chi connectivity index (χ2n) is 6.72. The van der Waals surface area contributed by atoms with Gasteiger partial charge in [0.05, 0.1) is 6.42 Å². The van der Waals surface area contributed by atoms with E-state index in [2.05, 4.69) is 5.32 Å². The van der Waals surface area contributed by atoms with Gasteiger partial charge < -0.3 is 10.2 Å². The number of nitrogens with one attached hydrogen (secondary N) is 1. The maximum Gasteiger partial charge on any atom is 0.242 e. The number of carbonyl (C=O) groups excluding carboxylic acids is 2. The van der Waals surface area contributed by atoms with Crippen LogP contribution in [0.15, 0.2) is 48.5 Å². The average molecular weight is 391 g/mol. The Hall–Kier alpha value is -2.40. The van der Waals surface area contributed by atoms with Crippen LogP contribution in [-0.4, -0.2) is 28.8 Å². The molecule has 4 nitrogen and oxygen atoms in total. The molecule has 1 atom stereocenters. The third-order valence-corrected chi connectivity index (χ3v) is 4.57. The molecule has 2 aromatic rings. The van der Waals surface area contributed by atoms with Gasteiger partial charge in [0.1, 0.15) is 11.9 Å². The van der Waals surface area contributed by atoms with Crippen molar-refractivity contribution in [3.8, 4) is 0 Å². The highest BCUT2D eigenvalue weighted by Crippen LogP contribution is 2.19. The highest BCUT2D eigenvalue weighted by atomic mass is 35.5. The first-order chi connectivity index (χ1) is 12.8. The van der Waals surface area contributed by atoms with E-state index >= 15 is 0 Å². The van der Waals surface area contributed by atoms with Crippen molar-refractivity contribution in [2.45, 2.75) is 45.8 Å². The van der Waals surface area contributed by atoms with Crippen LogP contribution in [-0.2, 0) is 22.6 Å². The van der Waals surface area contributed by atoms with E-state index in [-0.39, 0.29) is 30.8 Å². The maximum atomic E-state index is 14.1. The van der Waals surface area contributed by atoms with Crippen LogP contribution in [0, 0.1) is 5.82 Å². The molecule has 2 aromatic carbocycles. The van der Waals surface area contributed by atoms with Gasteiger partial charge in [-0.1, -0.05) is 48.0 Å². The summed E-state index contributed by atoms with van der Waals surface area (Å²) < 4.78 is 14.1. The first-order valence-corrected chi connectivity index (χ1v) is 9.24. The van der Waals surface area contributed by atoms with Crippen LogP contribution in [0.4, 0.5) is 4.39 Å². The van der Waals surface area contributed by atoms with Crippen LogP contribution in [0.25, 0.3) is 0 Å². The molecule has 2 amide bonds. The molecule has 27 heavy (non-hydrogen) atoms. The number of benzene rings is 2. The van der Waals surface area contributed by atoms with Crippen LogP contribution in [0.5, 0.6) is 0 Å². The fourth-order valence-corrected chi connectivity index (χ4v) is 2.91. The number of halogens is 2. The number of amides is 2. The van der Waals surface area contributed by atoms with Gasteiger partial charge in [0.25, 0.3) is 0 Å². The van der Waals surface area contributed by atoms with Crippen LogP contribution in [0.1, 0.15) is 31.9 Å². The van der Waals surface area contributed by atoms with Crippen molar-refractivity contribution < 1.29 is 14.0 Å². The minimum atomic E-state index is -0.748. The van der Waals surface area contributed by atoms with Crippen molar-refractivity contribution >= 4 is 23.4 Å². The van der Waals surface area contributed by atoms with Gasteiger partial charge in [-0.2, -0.15) is 0 Å². The molecule has 0 aliphatic carbocycles. The Morgan fingerprint density at radius 3 is 2.22 bits per heavy atom. The lowest BCUT2D eigenvalue weighted by atomic mass is 10.1. The molecule has 0 unspecified atom stereocenters. The largest absolute Gasteiger partial charge is 0.352 e. The molecule has 2 rings (SSSR count). The summed E-state index contributed by atoms with van der Waals surface area (Å²) in [7, 11) is 0. The van der Waals surface area contributed by atoms with Gasteiger partial charge in [0.15, 0.2) is 0 Å². The summed E-state index contributed by atoms with van der Waals surface area (Å²) >= 11 is 6.16. The van der Waals surface area contributed by atoms with E-state index in [4.69, 9.17) is 11.6 Å².